The van der Waals surface area contributed by atoms with Crippen LogP contribution in [-0.4, -0.2) is 60.8 Å². The Morgan fingerprint density at radius 1 is 0.831 bits per heavy atom. The van der Waals surface area contributed by atoms with Crippen LogP contribution in [0.5, 0.6) is 0 Å². The maximum atomic E-state index is 14.2. The van der Waals surface area contributed by atoms with Crippen LogP contribution in [0.25, 0.3) is 16.9 Å². The van der Waals surface area contributed by atoms with E-state index in [1.54, 1.807) is 60.7 Å². The zero-order valence-electron chi connectivity index (χ0n) is 31.1. The number of nitrogens with zero attached hydrogens (tertiary/aromatic N) is 3. The molecule has 6 atom stereocenters. The van der Waals surface area contributed by atoms with Gasteiger partial charge in [0.15, 0.2) is 18.4 Å². The van der Waals surface area contributed by atoms with Crippen molar-refractivity contribution in [3.63, 3.8) is 0 Å². The second-order valence-corrected chi connectivity index (χ2v) is 16.8. The predicted octanol–water partition coefficient (Wildman–Crippen LogP) is 6.70. The van der Waals surface area contributed by atoms with Crippen LogP contribution < -0.4 is 22.1 Å². The van der Waals surface area contributed by atoms with Crippen molar-refractivity contribution in [2.24, 2.45) is 0 Å². The largest absolute Gasteiger partial charge is 0.479 e. The number of aromatic nitrogens is 3. The number of phosphoric acid groups is 1. The summed E-state index contributed by atoms with van der Waals surface area (Å²) in [5, 5.41) is 5.11. The van der Waals surface area contributed by atoms with E-state index in [1.807, 2.05) is 31.2 Å². The molecule has 0 spiro atoms. The van der Waals surface area contributed by atoms with Gasteiger partial charge in [-0.15, -0.1) is 0 Å². The maximum absolute atomic E-state index is 14.2. The Morgan fingerprint density at radius 2 is 1.42 bits per heavy atom. The smallest absolute Gasteiger partial charge is 0.439 e. The van der Waals surface area contributed by atoms with Gasteiger partial charge in [-0.3, -0.25) is 28.7 Å². The van der Waals surface area contributed by atoms with E-state index < -0.39 is 70.6 Å². The molecule has 3 unspecified atom stereocenters. The van der Waals surface area contributed by atoms with Crippen molar-refractivity contribution in [2.75, 3.05) is 23.0 Å². The fourth-order valence-electron chi connectivity index (χ4n) is 6.21. The molecule has 306 valence electrons. The van der Waals surface area contributed by atoms with E-state index in [0.29, 0.717) is 22.8 Å². The molecular formula is C39H38N6O12P2. The highest BCUT2D eigenvalue weighted by Crippen LogP contribution is 2.61. The molecule has 0 bridgehead atoms. The Bertz CT molecular complexity index is 2590. The summed E-state index contributed by atoms with van der Waals surface area (Å²) < 4.78 is 56.2. The first-order valence-electron chi connectivity index (χ1n) is 17.9. The topological polar surface area (TPSA) is 244 Å². The summed E-state index contributed by atoms with van der Waals surface area (Å²) in [5.74, 6) is 0. The van der Waals surface area contributed by atoms with E-state index in [4.69, 9.17) is 28.8 Å². The van der Waals surface area contributed by atoms with E-state index in [2.05, 4.69) is 15.6 Å². The van der Waals surface area contributed by atoms with Crippen molar-refractivity contribution >= 4 is 50.3 Å². The second kappa shape index (κ2) is 17.4. The molecule has 18 nitrogen and oxygen atoms in total. The lowest BCUT2D eigenvalue weighted by molar-refractivity contribution is -0.0552. The molecule has 1 aliphatic heterocycles. The maximum Gasteiger partial charge on any atom is 0.479 e. The number of hydrogen-bond donors (Lipinski definition) is 5. The van der Waals surface area contributed by atoms with E-state index in [9.17, 15) is 33.3 Å². The van der Waals surface area contributed by atoms with Crippen LogP contribution in [0.15, 0.2) is 132 Å². The average Bonchev–Trinajstić information content (AvgIpc) is 3.77. The first kappa shape index (κ1) is 41.1. The number of hydrogen-bond acceptors (Lipinski definition) is 12. The Labute approximate surface area is 336 Å². The monoisotopic (exact) mass is 844 g/mol. The number of benzene rings is 4. The van der Waals surface area contributed by atoms with Gasteiger partial charge in [-0.1, -0.05) is 78.4 Å². The third-order valence-electron chi connectivity index (χ3n) is 8.97. The van der Waals surface area contributed by atoms with Crippen molar-refractivity contribution in [3.8, 4) is 11.3 Å². The molecule has 1 aliphatic rings. The molecular weight excluding hydrogens is 806 g/mol. The van der Waals surface area contributed by atoms with Crippen LogP contribution in [0.4, 0.5) is 26.7 Å². The number of nitrogens with two attached hydrogens (primary N) is 1. The summed E-state index contributed by atoms with van der Waals surface area (Å²) >= 11 is 0. The molecule has 1 saturated heterocycles. The fraction of sp³-hybridized carbons (Fsp3) is 0.179. The number of fused-ring (bicyclic) bond motifs is 1. The number of rotatable bonds is 13. The summed E-state index contributed by atoms with van der Waals surface area (Å²) in [6.07, 6.45) is -6.29. The fourth-order valence-corrected chi connectivity index (χ4v) is 8.93. The van der Waals surface area contributed by atoms with Crippen LogP contribution in [0.1, 0.15) is 17.4 Å². The van der Waals surface area contributed by atoms with Gasteiger partial charge in [-0.05, 0) is 55.0 Å². The lowest BCUT2D eigenvalue weighted by atomic mass is 10.1. The second-order valence-electron chi connectivity index (χ2n) is 13.4. The van der Waals surface area contributed by atoms with Gasteiger partial charge in [0.05, 0.1) is 18.5 Å². The number of nitrogens with one attached hydrogen (secondary N) is 2. The molecule has 2 amide bonds. The first-order chi connectivity index (χ1) is 28.2. The molecule has 0 aliphatic carbocycles. The average molecular weight is 845 g/mol. The standard InChI is InChI=1S/C39H38N6O12P2/c1-25-12-16-27(17-13-25)31-22-45-33(43-31)20-21-44(39(45)48)36-35(56-38(47)42-30-10-6-3-7-11-30)34(55-37(46)41-29-8-4-2-5-9-29)32(54-36)23-53-59(51,52)57-58(49,50)24-26-14-18-28(40)19-15-26/h2-22,32,34-36H,23-24,40H2,1H3,(H,41,46)(H,42,47)(H,49,50)(H,51,52)/t32-,34?,35+,36-/m1/s1. The van der Waals surface area contributed by atoms with Gasteiger partial charge in [-0.2, -0.15) is 0 Å². The number of phosphoric ester groups is 1. The van der Waals surface area contributed by atoms with E-state index in [-0.39, 0.29) is 11.2 Å². The van der Waals surface area contributed by atoms with E-state index >= 15 is 0 Å². The van der Waals surface area contributed by atoms with Gasteiger partial charge in [-0.25, -0.2) is 28.2 Å². The summed E-state index contributed by atoms with van der Waals surface area (Å²) in [6.45, 7) is 1.00. The predicted molar refractivity (Wildman–Crippen MR) is 215 cm³/mol. The summed E-state index contributed by atoms with van der Waals surface area (Å²) in [6, 6.07) is 31.4. The van der Waals surface area contributed by atoms with Crippen LogP contribution >= 0.6 is 15.4 Å². The highest BCUT2D eigenvalue weighted by molar-refractivity contribution is 7.63. The molecule has 0 radical (unpaired) electrons. The number of ether oxygens (including phenoxy) is 3. The molecule has 20 heteroatoms. The minimum absolute atomic E-state index is 0.278. The van der Waals surface area contributed by atoms with Gasteiger partial charge in [0.25, 0.3) is 0 Å². The van der Waals surface area contributed by atoms with Gasteiger partial charge in [0.1, 0.15) is 11.8 Å². The zero-order valence-corrected chi connectivity index (χ0v) is 32.9. The number of carbonyl (C=O) groups excluding carboxylic acids is 2. The number of amides is 2. The Morgan fingerprint density at radius 3 is 2.03 bits per heavy atom. The van der Waals surface area contributed by atoms with Gasteiger partial charge in [0, 0.05) is 35.0 Å². The lowest BCUT2D eigenvalue weighted by Crippen LogP contribution is -2.43. The number of nitrogen functional groups attached to an aromatic ring is 1. The zero-order chi connectivity index (χ0) is 41.7. The van der Waals surface area contributed by atoms with Crippen molar-refractivity contribution < 1.29 is 51.6 Å². The van der Waals surface area contributed by atoms with Gasteiger partial charge in [0.2, 0.25) is 0 Å². The number of aryl methyl sites for hydroxylation is 1. The number of para-hydroxylation sites is 2. The van der Waals surface area contributed by atoms with Crippen molar-refractivity contribution in [3.05, 3.63) is 149 Å². The third-order valence-corrected chi connectivity index (χ3v) is 12.1. The molecule has 6 aromatic rings. The molecule has 1 fully saturated rings. The van der Waals surface area contributed by atoms with Crippen LogP contribution in [0.2, 0.25) is 0 Å². The normalized spacial score (nSPS) is 19.6. The minimum atomic E-state index is -5.36. The molecule has 3 heterocycles. The van der Waals surface area contributed by atoms with Gasteiger partial charge < -0.3 is 29.7 Å². The molecule has 0 saturated carbocycles. The number of imidazole rings is 1. The number of carbonyl (C=O) groups is 2. The van der Waals surface area contributed by atoms with Crippen molar-refractivity contribution in [2.45, 2.75) is 37.6 Å². The summed E-state index contributed by atoms with van der Waals surface area (Å²) in [4.78, 5) is 66.8. The summed E-state index contributed by atoms with van der Waals surface area (Å²) in [7, 11) is -10.2. The minimum Gasteiger partial charge on any atom is -0.439 e. The van der Waals surface area contributed by atoms with Crippen molar-refractivity contribution in [1.29, 1.82) is 0 Å². The van der Waals surface area contributed by atoms with Crippen LogP contribution in [0.3, 0.4) is 0 Å². The molecule has 7 rings (SSSR count). The lowest BCUT2D eigenvalue weighted by Gasteiger charge is -2.25. The van der Waals surface area contributed by atoms with Gasteiger partial charge >= 0.3 is 33.3 Å². The van der Waals surface area contributed by atoms with Crippen LogP contribution in [-0.2, 0) is 38.3 Å². The molecule has 2 aromatic heterocycles. The highest BCUT2D eigenvalue weighted by Gasteiger charge is 2.52. The Balaban J connectivity index is 1.21. The van der Waals surface area contributed by atoms with Crippen molar-refractivity contribution in [1.82, 2.24) is 14.0 Å². The molecule has 6 N–H and O–H groups in total. The first-order valence-corrected chi connectivity index (χ1v) is 21.2. The van der Waals surface area contributed by atoms with Crippen LogP contribution in [0, 0.1) is 6.92 Å². The molecule has 4 aromatic carbocycles. The Hall–Kier alpha value is -6.10. The Kier molecular flexibility index (Phi) is 12.1. The highest BCUT2D eigenvalue weighted by atomic mass is 31.3. The summed E-state index contributed by atoms with van der Waals surface area (Å²) in [5.41, 5.74) is 8.87. The third kappa shape index (κ3) is 10.3. The number of anilines is 3. The molecule has 59 heavy (non-hydrogen) atoms. The quantitative estimate of drug-likeness (QED) is 0.0600. The van der Waals surface area contributed by atoms with E-state index in [0.717, 1.165) is 15.7 Å². The van der Waals surface area contributed by atoms with E-state index in [1.165, 1.54) is 47.1 Å². The SMILES string of the molecule is Cc1ccc(-c2cn3c(=O)n([C@@H]4O[C@H](COP(=O)(O)OP(=O)(O)Cc5ccc(N)cc5)C(OC(=O)Nc5ccccc5)[C@@H]4OC(=O)Nc4ccccc4)ccc3n2)cc1.